The molecular weight excluding hydrogens is 380 g/mol. The fourth-order valence-electron chi connectivity index (χ4n) is 2.93. The largest absolute Gasteiger partial charge is 0.481 e. The molecule has 3 rings (SSSR count). The minimum atomic E-state index is 0.216. The predicted octanol–water partition coefficient (Wildman–Crippen LogP) is 3.25. The van der Waals surface area contributed by atoms with Crippen LogP contribution < -0.4 is 15.4 Å². The standard InChI is InChI=1S/C19H23BrN4O/c1-21-18(23-12-14-5-4-10-22-17(14)25-2)24-13-19(8-9-19)15-6-3-7-16(20)11-15/h3-7,10-11H,8-9,12-13H2,1-2H3,(H2,21,23,24). The normalized spacial score (nSPS) is 15.6. The molecular formula is C19H23BrN4O. The van der Waals surface area contributed by atoms with Crippen molar-refractivity contribution in [1.82, 2.24) is 15.6 Å². The molecule has 25 heavy (non-hydrogen) atoms. The van der Waals surface area contributed by atoms with Crippen LogP contribution in [0.25, 0.3) is 0 Å². The van der Waals surface area contributed by atoms with Gasteiger partial charge in [-0.25, -0.2) is 4.98 Å². The van der Waals surface area contributed by atoms with Crippen molar-refractivity contribution in [1.29, 1.82) is 0 Å². The van der Waals surface area contributed by atoms with Gasteiger partial charge >= 0.3 is 0 Å². The molecule has 132 valence electrons. The molecule has 1 heterocycles. The highest BCUT2D eigenvalue weighted by molar-refractivity contribution is 9.10. The third-order valence-corrected chi connectivity index (χ3v) is 5.09. The van der Waals surface area contributed by atoms with Crippen molar-refractivity contribution < 1.29 is 4.74 Å². The second-order valence-electron chi connectivity index (χ2n) is 6.24. The predicted molar refractivity (Wildman–Crippen MR) is 104 cm³/mol. The lowest BCUT2D eigenvalue weighted by molar-refractivity contribution is 0.392. The van der Waals surface area contributed by atoms with E-state index in [1.807, 2.05) is 12.1 Å². The summed E-state index contributed by atoms with van der Waals surface area (Å²) in [4.78, 5) is 8.54. The molecule has 6 heteroatoms. The van der Waals surface area contributed by atoms with Gasteiger partial charge in [-0.3, -0.25) is 4.99 Å². The molecule has 0 unspecified atom stereocenters. The molecule has 1 aliphatic rings. The van der Waals surface area contributed by atoms with E-state index in [0.29, 0.717) is 12.4 Å². The number of nitrogens with zero attached hydrogens (tertiary/aromatic N) is 2. The number of ether oxygens (including phenoxy) is 1. The molecule has 0 radical (unpaired) electrons. The van der Waals surface area contributed by atoms with Crippen molar-refractivity contribution in [3.05, 3.63) is 58.2 Å². The first-order valence-electron chi connectivity index (χ1n) is 8.35. The quantitative estimate of drug-likeness (QED) is 0.574. The average molecular weight is 403 g/mol. The number of aromatic nitrogens is 1. The summed E-state index contributed by atoms with van der Waals surface area (Å²) in [5.74, 6) is 1.42. The van der Waals surface area contributed by atoms with Gasteiger partial charge in [0.15, 0.2) is 5.96 Å². The highest BCUT2D eigenvalue weighted by Gasteiger charge is 2.44. The van der Waals surface area contributed by atoms with Crippen LogP contribution >= 0.6 is 15.9 Å². The summed E-state index contributed by atoms with van der Waals surface area (Å²) >= 11 is 3.57. The van der Waals surface area contributed by atoms with E-state index in [1.165, 1.54) is 18.4 Å². The first-order chi connectivity index (χ1) is 12.2. The second kappa shape index (κ2) is 7.87. The molecule has 2 aromatic rings. The monoisotopic (exact) mass is 402 g/mol. The molecule has 1 aromatic carbocycles. The zero-order chi connectivity index (χ0) is 17.7. The van der Waals surface area contributed by atoms with Crippen LogP contribution in [0.15, 0.2) is 52.1 Å². The van der Waals surface area contributed by atoms with Gasteiger partial charge < -0.3 is 15.4 Å². The SMILES string of the molecule is CN=C(NCc1cccnc1OC)NCC1(c2cccc(Br)c2)CC1. The molecule has 0 bridgehead atoms. The van der Waals surface area contributed by atoms with Crippen LogP contribution in [0.3, 0.4) is 0 Å². The molecule has 2 N–H and O–H groups in total. The Morgan fingerprint density at radius 3 is 2.80 bits per heavy atom. The van der Waals surface area contributed by atoms with E-state index < -0.39 is 0 Å². The van der Waals surface area contributed by atoms with Crippen LogP contribution in [0.5, 0.6) is 5.88 Å². The molecule has 5 nitrogen and oxygen atoms in total. The third kappa shape index (κ3) is 4.31. The molecule has 0 aliphatic heterocycles. The molecule has 1 fully saturated rings. The van der Waals surface area contributed by atoms with Gasteiger partial charge in [0.2, 0.25) is 5.88 Å². The summed E-state index contributed by atoms with van der Waals surface area (Å²) < 4.78 is 6.42. The maximum Gasteiger partial charge on any atom is 0.218 e. The number of hydrogen-bond acceptors (Lipinski definition) is 3. The topological polar surface area (TPSA) is 58.5 Å². The summed E-state index contributed by atoms with van der Waals surface area (Å²) in [6.45, 7) is 1.48. The van der Waals surface area contributed by atoms with Gasteiger partial charge in [0.05, 0.1) is 7.11 Å². The number of benzene rings is 1. The number of guanidine groups is 1. The molecule has 0 atom stereocenters. The number of hydrogen-bond donors (Lipinski definition) is 2. The highest BCUT2D eigenvalue weighted by atomic mass is 79.9. The van der Waals surface area contributed by atoms with Crippen molar-refractivity contribution in [3.8, 4) is 5.88 Å². The van der Waals surface area contributed by atoms with E-state index in [0.717, 1.165) is 22.5 Å². The Labute approximate surface area is 157 Å². The number of halogens is 1. The fourth-order valence-corrected chi connectivity index (χ4v) is 3.33. The summed E-state index contributed by atoms with van der Waals surface area (Å²) in [5, 5.41) is 6.79. The van der Waals surface area contributed by atoms with Crippen molar-refractivity contribution in [2.24, 2.45) is 4.99 Å². The maximum absolute atomic E-state index is 5.29. The van der Waals surface area contributed by atoms with Crippen LogP contribution in [-0.4, -0.2) is 31.6 Å². The Morgan fingerprint density at radius 1 is 1.28 bits per heavy atom. The van der Waals surface area contributed by atoms with Crippen LogP contribution in [0.1, 0.15) is 24.0 Å². The van der Waals surface area contributed by atoms with Gasteiger partial charge in [-0.05, 0) is 36.6 Å². The van der Waals surface area contributed by atoms with Gasteiger partial charge in [-0.15, -0.1) is 0 Å². The zero-order valence-corrected chi connectivity index (χ0v) is 16.1. The first kappa shape index (κ1) is 17.7. The lowest BCUT2D eigenvalue weighted by atomic mass is 9.96. The Bertz CT molecular complexity index is 759. The van der Waals surface area contributed by atoms with Crippen LogP contribution in [0.2, 0.25) is 0 Å². The van der Waals surface area contributed by atoms with E-state index in [2.05, 4.69) is 60.8 Å². The third-order valence-electron chi connectivity index (χ3n) is 4.60. The molecule has 1 aromatic heterocycles. The highest BCUT2D eigenvalue weighted by Crippen LogP contribution is 2.48. The summed E-state index contributed by atoms with van der Waals surface area (Å²) in [7, 11) is 3.42. The average Bonchev–Trinajstić information content (AvgIpc) is 3.43. The number of rotatable bonds is 6. The van der Waals surface area contributed by atoms with Crippen molar-refractivity contribution in [2.75, 3.05) is 20.7 Å². The first-order valence-corrected chi connectivity index (χ1v) is 9.15. The molecule has 0 spiro atoms. The Hall–Kier alpha value is -2.08. The van der Waals surface area contributed by atoms with E-state index >= 15 is 0 Å². The smallest absolute Gasteiger partial charge is 0.218 e. The number of aliphatic imine (C=N–C) groups is 1. The Balaban J connectivity index is 1.58. The fraction of sp³-hybridized carbons (Fsp3) is 0.368. The molecule has 0 saturated heterocycles. The minimum absolute atomic E-state index is 0.216. The van der Waals surface area contributed by atoms with Crippen LogP contribution in [0.4, 0.5) is 0 Å². The van der Waals surface area contributed by atoms with E-state index in [-0.39, 0.29) is 5.41 Å². The number of nitrogens with one attached hydrogen (secondary N) is 2. The van der Waals surface area contributed by atoms with Gasteiger partial charge in [-0.2, -0.15) is 0 Å². The summed E-state index contributed by atoms with van der Waals surface area (Å²) in [6, 6.07) is 12.5. The van der Waals surface area contributed by atoms with Crippen molar-refractivity contribution in [2.45, 2.75) is 24.8 Å². The summed E-state index contributed by atoms with van der Waals surface area (Å²) in [6.07, 6.45) is 4.12. The van der Waals surface area contributed by atoms with Crippen molar-refractivity contribution >= 4 is 21.9 Å². The number of methoxy groups -OCH3 is 1. The van der Waals surface area contributed by atoms with E-state index in [4.69, 9.17) is 4.74 Å². The molecule has 1 saturated carbocycles. The Morgan fingerprint density at radius 2 is 2.12 bits per heavy atom. The molecule has 1 aliphatic carbocycles. The molecule has 0 amide bonds. The maximum atomic E-state index is 5.29. The lowest BCUT2D eigenvalue weighted by Crippen LogP contribution is -2.41. The van der Waals surface area contributed by atoms with Crippen LogP contribution in [0, 0.1) is 0 Å². The van der Waals surface area contributed by atoms with E-state index in [9.17, 15) is 0 Å². The zero-order valence-electron chi connectivity index (χ0n) is 14.6. The second-order valence-corrected chi connectivity index (χ2v) is 7.16. The van der Waals surface area contributed by atoms with Crippen LogP contribution in [-0.2, 0) is 12.0 Å². The van der Waals surface area contributed by atoms with Gasteiger partial charge in [0.25, 0.3) is 0 Å². The van der Waals surface area contributed by atoms with Crippen molar-refractivity contribution in [3.63, 3.8) is 0 Å². The minimum Gasteiger partial charge on any atom is -0.481 e. The van der Waals surface area contributed by atoms with E-state index in [1.54, 1.807) is 20.4 Å². The number of pyridine rings is 1. The Kier molecular flexibility index (Phi) is 5.58. The summed E-state index contributed by atoms with van der Waals surface area (Å²) in [5.41, 5.74) is 2.59. The van der Waals surface area contributed by atoms with Gasteiger partial charge in [0, 0.05) is 41.8 Å². The lowest BCUT2D eigenvalue weighted by Gasteiger charge is -2.19. The van der Waals surface area contributed by atoms with Gasteiger partial charge in [-0.1, -0.05) is 34.1 Å². The van der Waals surface area contributed by atoms with Gasteiger partial charge in [0.1, 0.15) is 0 Å².